The summed E-state index contributed by atoms with van der Waals surface area (Å²) in [6, 6.07) is 7.43. The maximum Gasteiger partial charge on any atom is 0.263 e. The number of amides is 1. The van der Waals surface area contributed by atoms with Crippen LogP contribution < -0.4 is 10.0 Å². The number of thiophene rings is 1. The van der Waals surface area contributed by atoms with Crippen molar-refractivity contribution >= 4 is 61.0 Å². The molecule has 0 unspecified atom stereocenters. The molecule has 136 valence electrons. The fraction of sp³-hybridized carbons (Fsp3) is 0.133. The smallest absolute Gasteiger partial charge is 0.263 e. The van der Waals surface area contributed by atoms with Gasteiger partial charge in [0.1, 0.15) is 9.34 Å². The van der Waals surface area contributed by atoms with E-state index < -0.39 is 10.0 Å². The number of aryl methyl sites for hydroxylation is 1. The molecule has 3 rings (SSSR count). The maximum atomic E-state index is 12.4. The molecule has 0 aliphatic rings. The molecule has 2 heterocycles. The van der Waals surface area contributed by atoms with Crippen LogP contribution in [0.2, 0.25) is 4.34 Å². The van der Waals surface area contributed by atoms with Gasteiger partial charge >= 0.3 is 0 Å². The summed E-state index contributed by atoms with van der Waals surface area (Å²) in [5.74, 6) is -0.356. The van der Waals surface area contributed by atoms with Gasteiger partial charge in [0, 0.05) is 5.69 Å². The van der Waals surface area contributed by atoms with Gasteiger partial charge in [0.25, 0.3) is 15.9 Å². The molecule has 0 saturated carbocycles. The number of sulfonamides is 1. The van der Waals surface area contributed by atoms with E-state index in [1.165, 1.54) is 46.9 Å². The van der Waals surface area contributed by atoms with Crippen LogP contribution in [-0.2, 0) is 16.4 Å². The van der Waals surface area contributed by atoms with Crippen LogP contribution in [0.3, 0.4) is 0 Å². The second-order valence-corrected chi connectivity index (χ2v) is 9.31. The zero-order chi connectivity index (χ0) is 18.7. The number of halogens is 1. The van der Waals surface area contributed by atoms with Gasteiger partial charge in [0.15, 0.2) is 0 Å². The number of carbonyl (C=O) groups excluding carboxylic acids is 1. The van der Waals surface area contributed by atoms with Crippen LogP contribution in [0.5, 0.6) is 0 Å². The molecule has 0 fully saturated rings. The molecule has 26 heavy (non-hydrogen) atoms. The van der Waals surface area contributed by atoms with Gasteiger partial charge in [0.2, 0.25) is 5.13 Å². The molecule has 11 heteroatoms. The van der Waals surface area contributed by atoms with E-state index in [1.807, 2.05) is 6.92 Å². The van der Waals surface area contributed by atoms with Crippen LogP contribution in [0.1, 0.15) is 22.3 Å². The van der Waals surface area contributed by atoms with Crippen molar-refractivity contribution in [1.82, 2.24) is 10.2 Å². The van der Waals surface area contributed by atoms with E-state index in [0.717, 1.165) is 5.01 Å². The lowest BCUT2D eigenvalue weighted by Crippen LogP contribution is -2.14. The molecule has 0 aliphatic carbocycles. The third kappa shape index (κ3) is 4.21. The molecule has 7 nitrogen and oxygen atoms in total. The monoisotopic (exact) mass is 428 g/mol. The van der Waals surface area contributed by atoms with E-state index in [-0.39, 0.29) is 15.9 Å². The molecule has 0 bridgehead atoms. The first kappa shape index (κ1) is 18.8. The fourth-order valence-corrected chi connectivity index (χ4v) is 4.81. The molecule has 2 aromatic heterocycles. The fourth-order valence-electron chi connectivity index (χ4n) is 1.98. The number of nitrogens with zero attached hydrogens (tertiary/aromatic N) is 2. The molecule has 2 N–H and O–H groups in total. The Balaban J connectivity index is 1.72. The summed E-state index contributed by atoms with van der Waals surface area (Å²) in [6.45, 7) is 1.91. The number of hydrogen-bond acceptors (Lipinski definition) is 7. The molecule has 0 spiro atoms. The van der Waals surface area contributed by atoms with E-state index >= 15 is 0 Å². The minimum atomic E-state index is -3.78. The predicted octanol–water partition coefficient (Wildman–Crippen LogP) is 3.87. The predicted molar refractivity (Wildman–Crippen MR) is 104 cm³/mol. The number of benzene rings is 1. The summed E-state index contributed by atoms with van der Waals surface area (Å²) >= 11 is 8.38. The second kappa shape index (κ2) is 7.70. The van der Waals surface area contributed by atoms with Gasteiger partial charge in [-0.3, -0.25) is 9.52 Å². The topological polar surface area (TPSA) is 101 Å². The third-order valence-electron chi connectivity index (χ3n) is 3.28. The Morgan fingerprint density at radius 3 is 2.50 bits per heavy atom. The Morgan fingerprint density at radius 2 is 1.92 bits per heavy atom. The maximum absolute atomic E-state index is 12.4. The summed E-state index contributed by atoms with van der Waals surface area (Å²) in [5.41, 5.74) is 0.832. The molecule has 0 saturated heterocycles. The average molecular weight is 429 g/mol. The lowest BCUT2D eigenvalue weighted by Gasteiger charge is -2.07. The van der Waals surface area contributed by atoms with Crippen LogP contribution in [0.15, 0.2) is 40.6 Å². The molecular weight excluding hydrogens is 416 g/mol. The number of anilines is 2. The van der Waals surface area contributed by atoms with E-state index in [1.54, 1.807) is 11.4 Å². The minimum Gasteiger partial charge on any atom is -0.322 e. The zero-order valence-electron chi connectivity index (χ0n) is 13.4. The van der Waals surface area contributed by atoms with Crippen molar-refractivity contribution in [2.75, 3.05) is 10.0 Å². The molecule has 1 aromatic carbocycles. The standard InChI is InChI=1S/C15H13ClN4O3S3/c1-2-12-18-19-15(25-12)20-26(22,23)10-5-3-9(4-6-10)17-14(21)11-7-8-24-13(11)16/h3-8H,2H2,1H3,(H,17,21)(H,19,20). The van der Waals surface area contributed by atoms with Crippen LogP contribution in [-0.4, -0.2) is 24.5 Å². The highest BCUT2D eigenvalue weighted by atomic mass is 35.5. The highest BCUT2D eigenvalue weighted by molar-refractivity contribution is 7.93. The van der Waals surface area contributed by atoms with Crippen LogP contribution in [0, 0.1) is 0 Å². The highest BCUT2D eigenvalue weighted by Gasteiger charge is 2.17. The minimum absolute atomic E-state index is 0.0531. The first-order valence-electron chi connectivity index (χ1n) is 7.38. The number of hydrogen-bond donors (Lipinski definition) is 2. The average Bonchev–Trinajstić information content (AvgIpc) is 3.23. The van der Waals surface area contributed by atoms with E-state index in [4.69, 9.17) is 11.6 Å². The Kier molecular flexibility index (Phi) is 5.56. The van der Waals surface area contributed by atoms with Crippen molar-refractivity contribution in [2.45, 2.75) is 18.2 Å². The van der Waals surface area contributed by atoms with Gasteiger partial charge in [-0.2, -0.15) is 0 Å². The van der Waals surface area contributed by atoms with Crippen LogP contribution in [0.4, 0.5) is 10.8 Å². The van der Waals surface area contributed by atoms with Gasteiger partial charge in [-0.05, 0) is 42.1 Å². The van der Waals surface area contributed by atoms with E-state index in [9.17, 15) is 13.2 Å². The Morgan fingerprint density at radius 1 is 1.19 bits per heavy atom. The third-order valence-corrected chi connectivity index (χ3v) is 6.91. The number of rotatable bonds is 6. The summed E-state index contributed by atoms with van der Waals surface area (Å²) in [5, 5.41) is 13.0. The van der Waals surface area contributed by atoms with Crippen molar-refractivity contribution in [2.24, 2.45) is 0 Å². The van der Waals surface area contributed by atoms with Crippen molar-refractivity contribution in [3.63, 3.8) is 0 Å². The number of aromatic nitrogens is 2. The van der Waals surface area contributed by atoms with Gasteiger partial charge in [0.05, 0.1) is 10.5 Å². The van der Waals surface area contributed by atoms with Crippen LogP contribution in [0.25, 0.3) is 0 Å². The lowest BCUT2D eigenvalue weighted by atomic mass is 10.3. The first-order valence-corrected chi connectivity index (χ1v) is 10.9. The van der Waals surface area contributed by atoms with E-state index in [2.05, 4.69) is 20.2 Å². The zero-order valence-corrected chi connectivity index (χ0v) is 16.6. The first-order chi connectivity index (χ1) is 12.4. The van der Waals surface area contributed by atoms with Crippen molar-refractivity contribution < 1.29 is 13.2 Å². The summed E-state index contributed by atoms with van der Waals surface area (Å²) in [6.07, 6.45) is 0.682. The molecule has 3 aromatic rings. The van der Waals surface area contributed by atoms with Gasteiger partial charge < -0.3 is 5.32 Å². The number of carbonyl (C=O) groups is 1. The quantitative estimate of drug-likeness (QED) is 0.620. The van der Waals surface area contributed by atoms with Gasteiger partial charge in [-0.25, -0.2) is 8.42 Å². The highest BCUT2D eigenvalue weighted by Crippen LogP contribution is 2.24. The molecular formula is C15H13ClN4O3S3. The normalized spacial score (nSPS) is 11.3. The molecule has 1 amide bonds. The summed E-state index contributed by atoms with van der Waals surface area (Å²) in [4.78, 5) is 12.2. The van der Waals surface area contributed by atoms with E-state index in [0.29, 0.717) is 22.0 Å². The molecule has 0 aliphatic heterocycles. The second-order valence-electron chi connectivity index (χ2n) is 5.05. The van der Waals surface area contributed by atoms with Crippen molar-refractivity contribution in [3.8, 4) is 0 Å². The number of nitrogens with one attached hydrogen (secondary N) is 2. The van der Waals surface area contributed by atoms with Crippen molar-refractivity contribution in [1.29, 1.82) is 0 Å². The summed E-state index contributed by atoms with van der Waals surface area (Å²) < 4.78 is 27.6. The summed E-state index contributed by atoms with van der Waals surface area (Å²) in [7, 11) is -3.78. The van der Waals surface area contributed by atoms with Gasteiger partial charge in [-0.15, -0.1) is 21.5 Å². The molecule has 0 radical (unpaired) electrons. The van der Waals surface area contributed by atoms with Crippen LogP contribution >= 0.6 is 34.3 Å². The largest absolute Gasteiger partial charge is 0.322 e. The Bertz CT molecular complexity index is 1030. The molecule has 0 atom stereocenters. The Labute approximate surface area is 163 Å². The Hall–Kier alpha value is -2.01. The van der Waals surface area contributed by atoms with Crippen molar-refractivity contribution in [3.05, 3.63) is 50.6 Å². The van der Waals surface area contributed by atoms with Gasteiger partial charge in [-0.1, -0.05) is 29.9 Å². The SMILES string of the molecule is CCc1nnc(NS(=O)(=O)c2ccc(NC(=O)c3ccsc3Cl)cc2)s1. The lowest BCUT2D eigenvalue weighted by molar-refractivity contribution is 0.102.